The third-order valence-electron chi connectivity index (χ3n) is 5.26. The first-order valence-electron chi connectivity index (χ1n) is 11.0. The molecule has 1 aromatic heterocycles. The van der Waals surface area contributed by atoms with E-state index in [0.29, 0.717) is 25.3 Å². The van der Waals surface area contributed by atoms with Crippen LogP contribution in [0, 0.1) is 0 Å². The first-order chi connectivity index (χ1) is 16.5. The van der Waals surface area contributed by atoms with Gasteiger partial charge >= 0.3 is 0 Å². The summed E-state index contributed by atoms with van der Waals surface area (Å²) in [6, 6.07) is 5.87. The van der Waals surface area contributed by atoms with Gasteiger partial charge in [-0.05, 0) is 51.2 Å². The van der Waals surface area contributed by atoms with E-state index in [4.69, 9.17) is 5.73 Å². The number of hydrogen-bond donors (Lipinski definition) is 3. The van der Waals surface area contributed by atoms with Crippen molar-refractivity contribution in [2.75, 3.05) is 50.6 Å². The number of anilines is 3. The Balaban J connectivity index is 1.72. The Morgan fingerprint density at radius 1 is 1.23 bits per heavy atom. The molecule has 0 aliphatic carbocycles. The third-order valence-corrected chi connectivity index (χ3v) is 6.39. The summed E-state index contributed by atoms with van der Waals surface area (Å²) < 4.78 is 23.3. The molecule has 1 aliphatic rings. The molecule has 2 heterocycles. The number of hydrogen-bond acceptors (Lipinski definition) is 10. The highest BCUT2D eigenvalue weighted by Gasteiger charge is 2.24. The third kappa shape index (κ3) is 7.45. The Labute approximate surface area is 204 Å². The molecule has 1 aromatic carbocycles. The van der Waals surface area contributed by atoms with Crippen molar-refractivity contribution >= 4 is 39.1 Å². The molecule has 35 heavy (non-hydrogen) atoms. The van der Waals surface area contributed by atoms with Gasteiger partial charge in [0.15, 0.2) is 21.3 Å². The van der Waals surface area contributed by atoms with Crippen LogP contribution in [-0.4, -0.2) is 91.2 Å². The normalized spacial score (nSPS) is 16.5. The number of aromatic nitrogens is 3. The maximum atomic E-state index is 12.5. The van der Waals surface area contributed by atoms with E-state index in [9.17, 15) is 18.0 Å². The van der Waals surface area contributed by atoms with Crippen molar-refractivity contribution in [3.8, 4) is 0 Å². The van der Waals surface area contributed by atoms with Gasteiger partial charge in [0.1, 0.15) is 0 Å². The maximum Gasteiger partial charge on any atom is 0.273 e. The molecule has 12 nitrogen and oxygen atoms in total. The van der Waals surface area contributed by atoms with Gasteiger partial charge in [-0.1, -0.05) is 6.08 Å². The van der Waals surface area contributed by atoms with Gasteiger partial charge in [0.05, 0.1) is 4.90 Å². The Morgan fingerprint density at radius 2 is 1.94 bits per heavy atom. The summed E-state index contributed by atoms with van der Waals surface area (Å²) >= 11 is 0. The summed E-state index contributed by atoms with van der Waals surface area (Å²) in [7, 11) is 0.522. The van der Waals surface area contributed by atoms with Crippen LogP contribution < -0.4 is 16.4 Å². The largest absolute Gasteiger partial charge is 0.364 e. The minimum absolute atomic E-state index is 0.0543. The number of benzene rings is 1. The highest BCUT2D eigenvalue weighted by atomic mass is 32.2. The topological polar surface area (TPSA) is 164 Å². The number of sulfone groups is 1. The van der Waals surface area contributed by atoms with Crippen molar-refractivity contribution in [1.29, 1.82) is 0 Å². The number of likely N-dealkylation sites (tertiary alicyclic amines) is 1. The molecular weight excluding hydrogens is 472 g/mol. The number of rotatable bonds is 9. The predicted molar refractivity (Wildman–Crippen MR) is 132 cm³/mol. The van der Waals surface area contributed by atoms with E-state index in [2.05, 4.69) is 25.8 Å². The van der Waals surface area contributed by atoms with Gasteiger partial charge in [0.2, 0.25) is 11.9 Å². The van der Waals surface area contributed by atoms with Crippen molar-refractivity contribution in [1.82, 2.24) is 25.0 Å². The summed E-state index contributed by atoms with van der Waals surface area (Å²) in [6.07, 6.45) is 6.15. The van der Waals surface area contributed by atoms with Crippen LogP contribution in [0.5, 0.6) is 0 Å². The first kappa shape index (κ1) is 26.0. The van der Waals surface area contributed by atoms with Crippen LogP contribution in [0.2, 0.25) is 0 Å². The number of primary amides is 1. The summed E-state index contributed by atoms with van der Waals surface area (Å²) in [5.41, 5.74) is 5.75. The number of piperidine rings is 1. The molecule has 188 valence electrons. The molecule has 13 heteroatoms. The van der Waals surface area contributed by atoms with Crippen molar-refractivity contribution in [2.45, 2.75) is 23.8 Å². The molecular formula is C22H30N8O4S. The average Bonchev–Trinajstić information content (AvgIpc) is 2.78. The highest BCUT2D eigenvalue weighted by molar-refractivity contribution is 7.90. The van der Waals surface area contributed by atoms with Crippen LogP contribution in [0.4, 0.5) is 17.5 Å². The zero-order chi connectivity index (χ0) is 25.6. The summed E-state index contributed by atoms with van der Waals surface area (Å²) in [4.78, 5) is 32.6. The van der Waals surface area contributed by atoms with Crippen LogP contribution >= 0.6 is 0 Å². The fourth-order valence-corrected chi connectivity index (χ4v) is 4.14. The molecule has 0 saturated carbocycles. The van der Waals surface area contributed by atoms with E-state index in [1.807, 2.05) is 25.1 Å². The van der Waals surface area contributed by atoms with Gasteiger partial charge in [0, 0.05) is 43.7 Å². The molecule has 1 unspecified atom stereocenters. The van der Waals surface area contributed by atoms with Crippen LogP contribution in [0.25, 0.3) is 0 Å². The Morgan fingerprint density at radius 3 is 2.57 bits per heavy atom. The van der Waals surface area contributed by atoms with E-state index in [1.165, 1.54) is 12.1 Å². The van der Waals surface area contributed by atoms with Gasteiger partial charge in [-0.2, -0.15) is 4.98 Å². The number of nitrogens with two attached hydrogens (primary N) is 1. The lowest BCUT2D eigenvalue weighted by molar-refractivity contribution is -0.127. The minimum atomic E-state index is -3.34. The van der Waals surface area contributed by atoms with Crippen LogP contribution in [0.1, 0.15) is 23.3 Å². The predicted octanol–water partition coefficient (Wildman–Crippen LogP) is 0.638. The molecule has 2 aromatic rings. The van der Waals surface area contributed by atoms with Crippen LogP contribution in [0.3, 0.4) is 0 Å². The molecule has 1 atom stereocenters. The number of amides is 2. The first-order valence-corrected chi connectivity index (χ1v) is 12.9. The Kier molecular flexibility index (Phi) is 8.35. The van der Waals surface area contributed by atoms with Gasteiger partial charge in [-0.15, -0.1) is 10.2 Å². The van der Waals surface area contributed by atoms with E-state index < -0.39 is 15.7 Å². The lowest BCUT2D eigenvalue weighted by Crippen LogP contribution is -2.44. The number of carbonyl (C=O) groups excluding carboxylic acids is 2. The summed E-state index contributed by atoms with van der Waals surface area (Å²) in [5, 5.41) is 14.0. The van der Waals surface area contributed by atoms with Crippen LogP contribution in [0.15, 0.2) is 41.3 Å². The highest BCUT2D eigenvalue weighted by Crippen LogP contribution is 2.21. The van der Waals surface area contributed by atoms with Gasteiger partial charge in [-0.25, -0.2) is 8.42 Å². The standard InChI is InChI=1S/C22H30N8O4S/c1-29(2)12-5-7-18(31)30-13-4-6-16(14-30)25-22-26-21(19(20(23)32)27-28-22)24-15-8-10-17(11-9-15)35(3,33)34/h5,7-11,16H,4,6,12-14H2,1-3H3,(H2,23,32)(H2,24,25,26,28)/b7-5+. The lowest BCUT2D eigenvalue weighted by atomic mass is 10.1. The SMILES string of the molecule is CN(C)C/C=C/C(=O)N1CCCC(Nc2nnc(C(N)=O)c(Nc3ccc(S(C)(=O)=O)cc3)n2)C1. The van der Waals surface area contributed by atoms with E-state index >= 15 is 0 Å². The zero-order valence-electron chi connectivity index (χ0n) is 19.9. The van der Waals surface area contributed by atoms with Crippen molar-refractivity contribution in [3.05, 3.63) is 42.1 Å². The minimum Gasteiger partial charge on any atom is -0.364 e. The Bertz CT molecular complexity index is 1200. The fourth-order valence-electron chi connectivity index (χ4n) is 3.51. The second-order valence-electron chi connectivity index (χ2n) is 8.55. The smallest absolute Gasteiger partial charge is 0.273 e. The molecule has 4 N–H and O–H groups in total. The summed E-state index contributed by atoms with van der Waals surface area (Å²) in [6.45, 7) is 1.82. The number of likely N-dealkylation sites (N-methyl/N-ethyl adjacent to an activating group) is 1. The van der Waals surface area contributed by atoms with Gasteiger partial charge in [-0.3, -0.25) is 9.59 Å². The number of nitrogens with one attached hydrogen (secondary N) is 2. The van der Waals surface area contributed by atoms with E-state index in [1.54, 1.807) is 23.1 Å². The molecule has 3 rings (SSSR count). The van der Waals surface area contributed by atoms with Gasteiger partial charge < -0.3 is 26.2 Å². The van der Waals surface area contributed by atoms with E-state index in [-0.39, 0.29) is 34.3 Å². The van der Waals surface area contributed by atoms with E-state index in [0.717, 1.165) is 19.1 Å². The zero-order valence-corrected chi connectivity index (χ0v) is 20.7. The molecule has 1 fully saturated rings. The Hall–Kier alpha value is -3.58. The second kappa shape index (κ2) is 11.2. The number of carbonyl (C=O) groups is 2. The molecule has 1 saturated heterocycles. The van der Waals surface area contributed by atoms with Crippen LogP contribution in [-0.2, 0) is 14.6 Å². The monoisotopic (exact) mass is 502 g/mol. The molecule has 0 bridgehead atoms. The van der Waals surface area contributed by atoms with Crippen molar-refractivity contribution in [2.24, 2.45) is 5.73 Å². The number of nitrogens with zero attached hydrogens (tertiary/aromatic N) is 5. The fraction of sp³-hybridized carbons (Fsp3) is 0.409. The summed E-state index contributed by atoms with van der Waals surface area (Å²) in [5.74, 6) is -0.614. The van der Waals surface area contributed by atoms with Crippen molar-refractivity contribution in [3.63, 3.8) is 0 Å². The van der Waals surface area contributed by atoms with Gasteiger partial charge in [0.25, 0.3) is 5.91 Å². The van der Waals surface area contributed by atoms with Crippen molar-refractivity contribution < 1.29 is 18.0 Å². The second-order valence-corrected chi connectivity index (χ2v) is 10.6. The maximum absolute atomic E-state index is 12.5. The molecule has 0 spiro atoms. The molecule has 0 radical (unpaired) electrons. The lowest BCUT2D eigenvalue weighted by Gasteiger charge is -2.32. The quantitative estimate of drug-likeness (QED) is 0.415. The molecule has 2 amide bonds. The molecule has 1 aliphatic heterocycles. The average molecular weight is 503 g/mol.